The number of carbonyl (C=O) groups excluding carboxylic acids is 1. The molecule has 0 radical (unpaired) electrons. The van der Waals surface area contributed by atoms with E-state index >= 15 is 0 Å². The molecule has 1 aliphatic heterocycles. The monoisotopic (exact) mass is 462 g/mol. The Hall–Kier alpha value is -2.78. The summed E-state index contributed by atoms with van der Waals surface area (Å²) in [6.45, 7) is 2.82. The first kappa shape index (κ1) is 23.9. The van der Waals surface area contributed by atoms with Crippen molar-refractivity contribution in [3.63, 3.8) is 0 Å². The van der Waals surface area contributed by atoms with E-state index < -0.39 is 15.9 Å². The van der Waals surface area contributed by atoms with Crippen LogP contribution in [0.2, 0.25) is 0 Å². The van der Waals surface area contributed by atoms with Crippen LogP contribution in [0.1, 0.15) is 48.1 Å². The molecule has 0 aromatic heterocycles. The highest BCUT2D eigenvalue weighted by atomic mass is 32.2. The van der Waals surface area contributed by atoms with Gasteiger partial charge in [-0.1, -0.05) is 12.5 Å². The van der Waals surface area contributed by atoms with Crippen LogP contribution >= 0.6 is 0 Å². The third-order valence-electron chi connectivity index (χ3n) is 5.62. The maximum Gasteiger partial charge on any atom is 0.255 e. The topological polar surface area (TPSA) is 94.2 Å². The maximum absolute atomic E-state index is 13.1. The molecule has 1 atom stereocenters. The summed E-state index contributed by atoms with van der Waals surface area (Å²) >= 11 is 0. The Kier molecular flexibility index (Phi) is 7.63. The number of ether oxygens (including phenoxy) is 3. The molecule has 174 valence electrons. The predicted octanol–water partition coefficient (Wildman–Crippen LogP) is 3.38. The Balaban J connectivity index is 1.86. The molecule has 8 nitrogen and oxygen atoms in total. The van der Waals surface area contributed by atoms with Gasteiger partial charge in [0.2, 0.25) is 10.0 Å². The second kappa shape index (κ2) is 10.2. The van der Waals surface area contributed by atoms with Crippen LogP contribution in [0.5, 0.6) is 17.2 Å². The van der Waals surface area contributed by atoms with E-state index in [1.165, 1.54) is 29.6 Å². The molecule has 1 aliphatic rings. The summed E-state index contributed by atoms with van der Waals surface area (Å²) in [5.41, 5.74) is 0.977. The van der Waals surface area contributed by atoms with Gasteiger partial charge in [-0.15, -0.1) is 0 Å². The predicted molar refractivity (Wildman–Crippen MR) is 121 cm³/mol. The molecule has 0 saturated carbocycles. The maximum atomic E-state index is 13.1. The first-order chi connectivity index (χ1) is 15.3. The van der Waals surface area contributed by atoms with Crippen LogP contribution in [0, 0.1) is 0 Å². The zero-order valence-electron chi connectivity index (χ0n) is 18.9. The lowest BCUT2D eigenvalue weighted by Gasteiger charge is -2.26. The Morgan fingerprint density at radius 2 is 1.53 bits per heavy atom. The number of benzene rings is 2. The van der Waals surface area contributed by atoms with E-state index in [2.05, 4.69) is 5.32 Å². The van der Waals surface area contributed by atoms with Crippen molar-refractivity contribution >= 4 is 15.9 Å². The van der Waals surface area contributed by atoms with Crippen LogP contribution in [-0.2, 0) is 10.0 Å². The highest BCUT2D eigenvalue weighted by Gasteiger charge is 2.28. The molecule has 0 aliphatic carbocycles. The van der Waals surface area contributed by atoms with Gasteiger partial charge in [0.05, 0.1) is 37.8 Å². The second-order valence-electron chi connectivity index (χ2n) is 7.64. The summed E-state index contributed by atoms with van der Waals surface area (Å²) in [7, 11) is 0.875. The van der Waals surface area contributed by atoms with Crippen molar-refractivity contribution in [2.75, 3.05) is 34.4 Å². The molecule has 9 heteroatoms. The van der Waals surface area contributed by atoms with Gasteiger partial charge in [0.15, 0.2) is 11.5 Å². The molecule has 1 N–H and O–H groups in total. The van der Waals surface area contributed by atoms with Gasteiger partial charge in [-0.2, -0.15) is 4.31 Å². The van der Waals surface area contributed by atoms with Gasteiger partial charge in [-0.25, -0.2) is 8.42 Å². The molecule has 1 fully saturated rings. The fourth-order valence-corrected chi connectivity index (χ4v) is 5.30. The molecule has 2 aromatic rings. The van der Waals surface area contributed by atoms with Crippen molar-refractivity contribution in [3.8, 4) is 17.2 Å². The van der Waals surface area contributed by atoms with Crippen molar-refractivity contribution in [3.05, 3.63) is 47.5 Å². The Morgan fingerprint density at radius 1 is 0.906 bits per heavy atom. The fourth-order valence-electron chi connectivity index (χ4n) is 3.76. The lowest BCUT2D eigenvalue weighted by atomic mass is 10.1. The van der Waals surface area contributed by atoms with E-state index in [1.54, 1.807) is 26.4 Å². The van der Waals surface area contributed by atoms with Crippen molar-refractivity contribution in [2.24, 2.45) is 0 Å². The summed E-state index contributed by atoms with van der Waals surface area (Å²) in [5.74, 6) is 1.02. The highest BCUT2D eigenvalue weighted by molar-refractivity contribution is 7.89. The van der Waals surface area contributed by atoms with Gasteiger partial charge < -0.3 is 19.5 Å². The number of piperidine rings is 1. The molecule has 1 heterocycles. The minimum Gasteiger partial charge on any atom is -0.496 e. The fraction of sp³-hybridized carbons (Fsp3) is 0.435. The van der Waals surface area contributed by atoms with E-state index in [0.717, 1.165) is 24.8 Å². The van der Waals surface area contributed by atoms with E-state index in [1.807, 2.05) is 13.0 Å². The number of methoxy groups -OCH3 is 3. The molecule has 0 bridgehead atoms. The summed E-state index contributed by atoms with van der Waals surface area (Å²) in [5, 5.41) is 2.91. The number of hydrogen-bond acceptors (Lipinski definition) is 6. The molecule has 0 spiro atoms. The number of hydrogen-bond donors (Lipinski definition) is 1. The van der Waals surface area contributed by atoms with Gasteiger partial charge in [0, 0.05) is 13.1 Å². The van der Waals surface area contributed by atoms with Crippen molar-refractivity contribution < 1.29 is 27.4 Å². The minimum absolute atomic E-state index is 0.0871. The zero-order chi connectivity index (χ0) is 23.3. The van der Waals surface area contributed by atoms with Gasteiger partial charge in [-0.05, 0) is 55.7 Å². The number of sulfonamides is 1. The standard InChI is InChI=1S/C23H30N2O6S/c1-16(17-8-10-21(30-3)22(14-17)31-4)24-23(26)19-15-18(9-11-20(19)29-2)32(27,28)25-12-6-5-7-13-25/h8-11,14-16H,5-7,12-13H2,1-4H3,(H,24,26). The molecule has 32 heavy (non-hydrogen) atoms. The average molecular weight is 463 g/mol. The first-order valence-corrected chi connectivity index (χ1v) is 12.0. The zero-order valence-corrected chi connectivity index (χ0v) is 19.7. The van der Waals surface area contributed by atoms with Gasteiger partial charge in [0.25, 0.3) is 5.91 Å². The molecule has 1 unspecified atom stereocenters. The smallest absolute Gasteiger partial charge is 0.255 e. The van der Waals surface area contributed by atoms with E-state index in [9.17, 15) is 13.2 Å². The van der Waals surface area contributed by atoms with Crippen LogP contribution < -0.4 is 19.5 Å². The van der Waals surface area contributed by atoms with Crippen LogP contribution in [0.25, 0.3) is 0 Å². The summed E-state index contributed by atoms with van der Waals surface area (Å²) in [4.78, 5) is 13.2. The molecular weight excluding hydrogens is 432 g/mol. The molecule has 2 aromatic carbocycles. The third kappa shape index (κ3) is 4.99. The first-order valence-electron chi connectivity index (χ1n) is 10.5. The molecule has 1 saturated heterocycles. The Labute approximate surface area is 189 Å². The van der Waals surface area contributed by atoms with E-state index in [4.69, 9.17) is 14.2 Å². The van der Waals surface area contributed by atoms with Crippen molar-refractivity contribution in [1.29, 1.82) is 0 Å². The molecule has 1 amide bonds. The second-order valence-corrected chi connectivity index (χ2v) is 9.57. The number of rotatable bonds is 8. The summed E-state index contributed by atoms with van der Waals surface area (Å²) in [6, 6.07) is 9.42. The molecular formula is C23H30N2O6S. The van der Waals surface area contributed by atoms with Crippen LogP contribution in [-0.4, -0.2) is 53.0 Å². The van der Waals surface area contributed by atoms with Gasteiger partial charge >= 0.3 is 0 Å². The van der Waals surface area contributed by atoms with Crippen LogP contribution in [0.3, 0.4) is 0 Å². The van der Waals surface area contributed by atoms with Crippen LogP contribution in [0.15, 0.2) is 41.3 Å². The largest absolute Gasteiger partial charge is 0.496 e. The number of amides is 1. The van der Waals surface area contributed by atoms with E-state index in [-0.39, 0.29) is 16.5 Å². The normalized spacial score (nSPS) is 15.6. The lowest BCUT2D eigenvalue weighted by Crippen LogP contribution is -2.35. The van der Waals surface area contributed by atoms with E-state index in [0.29, 0.717) is 30.3 Å². The van der Waals surface area contributed by atoms with Crippen molar-refractivity contribution in [2.45, 2.75) is 37.1 Å². The minimum atomic E-state index is -3.67. The SMILES string of the molecule is COc1ccc(C(C)NC(=O)c2cc(S(=O)(=O)N3CCCCC3)ccc2OC)cc1OC. The highest BCUT2D eigenvalue weighted by Crippen LogP contribution is 2.31. The molecule has 3 rings (SSSR count). The number of nitrogens with zero attached hydrogens (tertiary/aromatic N) is 1. The Bertz CT molecular complexity index is 1060. The summed E-state index contributed by atoms with van der Waals surface area (Å²) in [6.07, 6.45) is 2.70. The average Bonchev–Trinajstić information content (AvgIpc) is 2.83. The lowest BCUT2D eigenvalue weighted by molar-refractivity contribution is 0.0936. The quantitative estimate of drug-likeness (QED) is 0.646. The Morgan fingerprint density at radius 3 is 2.16 bits per heavy atom. The van der Waals surface area contributed by atoms with Crippen LogP contribution in [0.4, 0.5) is 0 Å². The third-order valence-corrected chi connectivity index (χ3v) is 7.52. The summed E-state index contributed by atoms with van der Waals surface area (Å²) < 4.78 is 43.5. The number of carbonyl (C=O) groups is 1. The van der Waals surface area contributed by atoms with Gasteiger partial charge in [-0.3, -0.25) is 4.79 Å². The van der Waals surface area contributed by atoms with Gasteiger partial charge in [0.1, 0.15) is 5.75 Å². The number of nitrogens with one attached hydrogen (secondary N) is 1. The van der Waals surface area contributed by atoms with Crippen molar-refractivity contribution in [1.82, 2.24) is 9.62 Å².